The second-order valence-electron chi connectivity index (χ2n) is 11.2. The second kappa shape index (κ2) is 15.7. The fourth-order valence-electron chi connectivity index (χ4n) is 4.44. The fourth-order valence-corrected chi connectivity index (χ4v) is 4.71. The molecule has 2 aromatic carbocycles. The van der Waals surface area contributed by atoms with Gasteiger partial charge in [0, 0.05) is 6.54 Å². The van der Waals surface area contributed by atoms with Crippen LogP contribution >= 0.6 is 11.6 Å². The smallest absolute Gasteiger partial charge is 0.408 e. The molecule has 2 unspecified atom stereocenters. The van der Waals surface area contributed by atoms with Gasteiger partial charge in [0.05, 0.1) is 10.7 Å². The van der Waals surface area contributed by atoms with Crippen molar-refractivity contribution in [1.82, 2.24) is 10.2 Å². The molecule has 2 aromatic rings. The molecule has 220 valence electrons. The molecule has 0 heterocycles. The summed E-state index contributed by atoms with van der Waals surface area (Å²) in [5.41, 5.74) is 2.44. The number of carbonyl (C=O) groups is 3. The van der Waals surface area contributed by atoms with Gasteiger partial charge < -0.3 is 20.3 Å². The molecule has 3 amide bonds. The number of carbonyl (C=O) groups excluding carboxylic acids is 3. The maximum absolute atomic E-state index is 14.0. The molecular formula is C32H46ClN3O4. The summed E-state index contributed by atoms with van der Waals surface area (Å²) in [6, 6.07) is 11.3. The molecule has 7 nitrogen and oxygen atoms in total. The predicted molar refractivity (Wildman–Crippen MR) is 163 cm³/mol. The molecular weight excluding hydrogens is 526 g/mol. The maximum Gasteiger partial charge on any atom is 0.408 e. The summed E-state index contributed by atoms with van der Waals surface area (Å²) in [6.07, 6.45) is 5.09. The topological polar surface area (TPSA) is 87.7 Å². The molecule has 2 rings (SSSR count). The van der Waals surface area contributed by atoms with E-state index in [2.05, 4.69) is 24.5 Å². The molecule has 0 fully saturated rings. The standard InChI is InChI=1S/C32H46ClN3O4/c1-8-10-11-12-13-21-36(30(38)23(4)34-31(39)40-32(5,6)7)28(25-19-17-24(9-2)18-20-25)29(37)35-27-22(3)15-14-16-26(27)33/h14-20,23,28H,8-13,21H2,1-7H3,(H,34,39)(H,35,37). The molecule has 0 aliphatic heterocycles. The van der Waals surface area contributed by atoms with E-state index in [1.54, 1.807) is 38.7 Å². The first-order chi connectivity index (χ1) is 18.9. The van der Waals surface area contributed by atoms with Crippen LogP contribution in [0.1, 0.15) is 96.4 Å². The van der Waals surface area contributed by atoms with Gasteiger partial charge in [0.1, 0.15) is 17.7 Å². The van der Waals surface area contributed by atoms with Crippen LogP contribution in [0.4, 0.5) is 10.5 Å². The number of alkyl carbamates (subject to hydrolysis) is 1. The number of aryl methyl sites for hydroxylation is 2. The largest absolute Gasteiger partial charge is 0.444 e. The minimum atomic E-state index is -0.928. The highest BCUT2D eigenvalue weighted by Gasteiger charge is 2.35. The molecule has 0 aliphatic rings. The average molecular weight is 572 g/mol. The number of nitrogens with zero attached hydrogens (tertiary/aromatic N) is 1. The van der Waals surface area contributed by atoms with E-state index in [0.29, 0.717) is 22.8 Å². The van der Waals surface area contributed by atoms with E-state index in [4.69, 9.17) is 16.3 Å². The lowest BCUT2D eigenvalue weighted by atomic mass is 9.99. The first kappa shape index (κ1) is 33.1. The van der Waals surface area contributed by atoms with Crippen molar-refractivity contribution < 1.29 is 19.1 Å². The highest BCUT2D eigenvalue weighted by atomic mass is 35.5. The zero-order valence-corrected chi connectivity index (χ0v) is 25.9. The molecule has 0 spiro atoms. The number of hydrogen-bond donors (Lipinski definition) is 2. The zero-order valence-electron chi connectivity index (χ0n) is 25.1. The second-order valence-corrected chi connectivity index (χ2v) is 11.6. The van der Waals surface area contributed by atoms with Gasteiger partial charge in [-0.2, -0.15) is 0 Å². The Kier molecular flexibility index (Phi) is 13.0. The summed E-state index contributed by atoms with van der Waals surface area (Å²) < 4.78 is 5.37. The third-order valence-corrected chi connectivity index (χ3v) is 6.94. The van der Waals surface area contributed by atoms with Crippen molar-refractivity contribution >= 4 is 35.2 Å². The quantitative estimate of drug-likeness (QED) is 0.242. The Labute approximate surface area is 245 Å². The fraction of sp³-hybridized carbons (Fsp3) is 0.531. The van der Waals surface area contributed by atoms with Crippen molar-refractivity contribution in [2.24, 2.45) is 0 Å². The monoisotopic (exact) mass is 571 g/mol. The summed E-state index contributed by atoms with van der Waals surface area (Å²) in [5, 5.41) is 6.06. The van der Waals surface area contributed by atoms with Gasteiger partial charge >= 0.3 is 6.09 Å². The Hall–Kier alpha value is -3.06. The normalized spacial score (nSPS) is 12.8. The van der Waals surface area contributed by atoms with E-state index in [9.17, 15) is 14.4 Å². The number of benzene rings is 2. The highest BCUT2D eigenvalue weighted by Crippen LogP contribution is 2.30. The lowest BCUT2D eigenvalue weighted by Crippen LogP contribution is -2.51. The van der Waals surface area contributed by atoms with E-state index >= 15 is 0 Å². The van der Waals surface area contributed by atoms with Crippen LogP contribution in [-0.2, 0) is 20.7 Å². The van der Waals surface area contributed by atoms with Crippen LogP contribution in [0.25, 0.3) is 0 Å². The number of halogens is 1. The minimum Gasteiger partial charge on any atom is -0.444 e. The highest BCUT2D eigenvalue weighted by molar-refractivity contribution is 6.34. The number of hydrogen-bond acceptors (Lipinski definition) is 4. The summed E-state index contributed by atoms with van der Waals surface area (Å²) in [5.74, 6) is -0.733. The van der Waals surface area contributed by atoms with Gasteiger partial charge in [0.2, 0.25) is 5.91 Å². The van der Waals surface area contributed by atoms with Crippen molar-refractivity contribution in [3.05, 3.63) is 64.2 Å². The molecule has 8 heteroatoms. The predicted octanol–water partition coefficient (Wildman–Crippen LogP) is 7.60. The van der Waals surface area contributed by atoms with Crippen LogP contribution in [-0.4, -0.2) is 41.0 Å². The summed E-state index contributed by atoms with van der Waals surface area (Å²) in [7, 11) is 0. The van der Waals surface area contributed by atoms with Gasteiger partial charge in [-0.3, -0.25) is 9.59 Å². The average Bonchev–Trinajstić information content (AvgIpc) is 2.88. The maximum atomic E-state index is 14.0. The number of anilines is 1. The van der Waals surface area contributed by atoms with Gasteiger partial charge in [-0.15, -0.1) is 0 Å². The molecule has 0 aromatic heterocycles. The lowest BCUT2D eigenvalue weighted by molar-refractivity contribution is -0.140. The van der Waals surface area contributed by atoms with Crippen LogP contribution in [0.5, 0.6) is 0 Å². The summed E-state index contributed by atoms with van der Waals surface area (Å²) >= 11 is 6.44. The van der Waals surface area contributed by atoms with Gasteiger partial charge in [-0.05, 0) is 70.2 Å². The van der Waals surface area contributed by atoms with E-state index in [1.807, 2.05) is 43.3 Å². The summed E-state index contributed by atoms with van der Waals surface area (Å²) in [6.45, 7) is 13.3. The molecule has 0 saturated carbocycles. The number of rotatable bonds is 13. The number of nitrogens with one attached hydrogen (secondary N) is 2. The minimum absolute atomic E-state index is 0.359. The number of unbranched alkanes of at least 4 members (excludes halogenated alkanes) is 4. The first-order valence-electron chi connectivity index (χ1n) is 14.3. The van der Waals surface area contributed by atoms with Gasteiger partial charge in [-0.25, -0.2) is 4.79 Å². The van der Waals surface area contributed by atoms with Crippen molar-refractivity contribution in [3.63, 3.8) is 0 Å². The third-order valence-electron chi connectivity index (χ3n) is 6.62. The number of ether oxygens (including phenoxy) is 1. The Morgan fingerprint density at radius 3 is 2.20 bits per heavy atom. The van der Waals surface area contributed by atoms with Crippen LogP contribution in [0.15, 0.2) is 42.5 Å². The number of para-hydroxylation sites is 1. The molecule has 0 radical (unpaired) electrons. The molecule has 0 aliphatic carbocycles. The third kappa shape index (κ3) is 10.2. The van der Waals surface area contributed by atoms with E-state index in [0.717, 1.165) is 49.7 Å². The van der Waals surface area contributed by atoms with Crippen molar-refractivity contribution in [3.8, 4) is 0 Å². The Bertz CT molecular complexity index is 1110. The van der Waals surface area contributed by atoms with E-state index in [1.165, 1.54) is 0 Å². The van der Waals surface area contributed by atoms with Crippen LogP contribution in [0.2, 0.25) is 5.02 Å². The first-order valence-corrected chi connectivity index (χ1v) is 14.7. The van der Waals surface area contributed by atoms with E-state index < -0.39 is 23.8 Å². The van der Waals surface area contributed by atoms with Crippen molar-refractivity contribution in [1.29, 1.82) is 0 Å². The van der Waals surface area contributed by atoms with Crippen LogP contribution < -0.4 is 10.6 Å². The van der Waals surface area contributed by atoms with Gasteiger partial charge in [-0.1, -0.05) is 87.5 Å². The molecule has 2 N–H and O–H groups in total. The van der Waals surface area contributed by atoms with Crippen LogP contribution in [0, 0.1) is 6.92 Å². The van der Waals surface area contributed by atoms with Crippen molar-refractivity contribution in [2.75, 3.05) is 11.9 Å². The molecule has 2 atom stereocenters. The zero-order chi connectivity index (χ0) is 29.9. The molecule has 0 bridgehead atoms. The number of amides is 3. The summed E-state index contributed by atoms with van der Waals surface area (Å²) in [4.78, 5) is 42.0. The Morgan fingerprint density at radius 1 is 0.975 bits per heavy atom. The molecule has 40 heavy (non-hydrogen) atoms. The van der Waals surface area contributed by atoms with Crippen LogP contribution in [0.3, 0.4) is 0 Å². The molecule has 0 saturated heterocycles. The van der Waals surface area contributed by atoms with Gasteiger partial charge in [0.15, 0.2) is 0 Å². The Balaban J connectivity index is 2.47. The van der Waals surface area contributed by atoms with E-state index in [-0.39, 0.29) is 11.8 Å². The SMILES string of the molecule is CCCCCCCN(C(=O)C(C)NC(=O)OC(C)(C)C)C(C(=O)Nc1c(C)cccc1Cl)c1ccc(CC)cc1. The van der Waals surface area contributed by atoms with Crippen molar-refractivity contribution in [2.45, 2.75) is 105 Å². The van der Waals surface area contributed by atoms with Gasteiger partial charge in [0.25, 0.3) is 5.91 Å². The Morgan fingerprint density at radius 2 is 1.62 bits per heavy atom. The lowest BCUT2D eigenvalue weighted by Gasteiger charge is -2.34.